The molecule has 0 fully saturated rings. The van der Waals surface area contributed by atoms with E-state index in [2.05, 4.69) is 78.7 Å². The van der Waals surface area contributed by atoms with E-state index in [4.69, 9.17) is 0 Å². The Labute approximate surface area is 122 Å². The molecule has 0 aliphatic carbocycles. The Morgan fingerprint density at radius 2 is 1.50 bits per heavy atom. The minimum absolute atomic E-state index is 0.967. The van der Waals surface area contributed by atoms with Crippen molar-refractivity contribution in [3.63, 3.8) is 0 Å². The first kappa shape index (κ1) is 14.4. The van der Waals surface area contributed by atoms with Gasteiger partial charge in [0.2, 0.25) is 0 Å². The lowest BCUT2D eigenvalue weighted by Crippen LogP contribution is -2.21. The van der Waals surface area contributed by atoms with E-state index in [0.717, 1.165) is 26.1 Å². The summed E-state index contributed by atoms with van der Waals surface area (Å²) in [5.41, 5.74) is 3.86. The molecule has 2 heteroatoms. The number of anilines is 2. The first-order chi connectivity index (χ1) is 9.83. The van der Waals surface area contributed by atoms with E-state index in [1.165, 1.54) is 16.9 Å². The molecule has 2 rings (SSSR count). The second-order valence-corrected chi connectivity index (χ2v) is 4.88. The Bertz CT molecular complexity index is 487. The van der Waals surface area contributed by atoms with Crippen molar-refractivity contribution in [2.45, 2.75) is 20.3 Å². The minimum Gasteiger partial charge on any atom is -0.385 e. The standard InChI is InChI=1S/C18H24N2/c1-3-20(4-2)18-12-10-17(11-13-18)19-15-14-16-8-6-5-7-9-16/h5-13,19H,3-4,14-15H2,1-2H3. The Morgan fingerprint density at radius 3 is 2.10 bits per heavy atom. The van der Waals surface area contributed by atoms with Crippen LogP contribution in [0, 0.1) is 0 Å². The van der Waals surface area contributed by atoms with Crippen molar-refractivity contribution in [2.24, 2.45) is 0 Å². The smallest absolute Gasteiger partial charge is 0.0367 e. The predicted molar refractivity (Wildman–Crippen MR) is 88.6 cm³/mol. The van der Waals surface area contributed by atoms with Gasteiger partial charge >= 0.3 is 0 Å². The molecule has 1 N–H and O–H groups in total. The molecule has 0 aromatic heterocycles. The van der Waals surface area contributed by atoms with Gasteiger partial charge in [-0.1, -0.05) is 30.3 Å². The number of nitrogens with one attached hydrogen (secondary N) is 1. The van der Waals surface area contributed by atoms with E-state index in [1.807, 2.05) is 0 Å². The quantitative estimate of drug-likeness (QED) is 0.810. The van der Waals surface area contributed by atoms with Gasteiger partial charge in [-0.15, -0.1) is 0 Å². The monoisotopic (exact) mass is 268 g/mol. The summed E-state index contributed by atoms with van der Waals surface area (Å²) in [6.07, 6.45) is 1.05. The molecule has 0 heterocycles. The van der Waals surface area contributed by atoms with Crippen molar-refractivity contribution in [3.8, 4) is 0 Å². The van der Waals surface area contributed by atoms with E-state index in [1.54, 1.807) is 0 Å². The van der Waals surface area contributed by atoms with E-state index in [-0.39, 0.29) is 0 Å². The Hall–Kier alpha value is -1.96. The second kappa shape index (κ2) is 7.59. The molecule has 2 aromatic carbocycles. The first-order valence-corrected chi connectivity index (χ1v) is 7.46. The number of rotatable bonds is 7. The molecule has 20 heavy (non-hydrogen) atoms. The molecule has 2 aromatic rings. The zero-order valence-electron chi connectivity index (χ0n) is 12.5. The maximum absolute atomic E-state index is 3.48. The van der Waals surface area contributed by atoms with Gasteiger partial charge in [0, 0.05) is 31.0 Å². The van der Waals surface area contributed by atoms with Gasteiger partial charge in [-0.25, -0.2) is 0 Å². The van der Waals surface area contributed by atoms with E-state index in [9.17, 15) is 0 Å². The molecule has 0 saturated heterocycles. The highest BCUT2D eigenvalue weighted by Crippen LogP contribution is 2.17. The predicted octanol–water partition coefficient (Wildman–Crippen LogP) is 4.19. The van der Waals surface area contributed by atoms with Gasteiger partial charge in [0.25, 0.3) is 0 Å². The van der Waals surface area contributed by atoms with Crippen molar-refractivity contribution >= 4 is 11.4 Å². The van der Waals surface area contributed by atoms with Crippen molar-refractivity contribution in [1.82, 2.24) is 0 Å². The zero-order valence-corrected chi connectivity index (χ0v) is 12.5. The van der Waals surface area contributed by atoms with Crippen LogP contribution in [-0.2, 0) is 6.42 Å². The van der Waals surface area contributed by atoms with Crippen LogP contribution in [0.1, 0.15) is 19.4 Å². The number of nitrogens with zero attached hydrogens (tertiary/aromatic N) is 1. The average Bonchev–Trinajstić information content (AvgIpc) is 2.51. The fourth-order valence-electron chi connectivity index (χ4n) is 2.37. The van der Waals surface area contributed by atoms with Crippen LogP contribution in [0.4, 0.5) is 11.4 Å². The lowest BCUT2D eigenvalue weighted by molar-refractivity contribution is 0.866. The zero-order chi connectivity index (χ0) is 14.2. The SMILES string of the molecule is CCN(CC)c1ccc(NCCc2ccccc2)cc1. The van der Waals surface area contributed by atoms with Crippen LogP contribution < -0.4 is 10.2 Å². The summed E-state index contributed by atoms with van der Waals surface area (Å²) in [6.45, 7) is 7.45. The number of benzene rings is 2. The average molecular weight is 268 g/mol. The summed E-state index contributed by atoms with van der Waals surface area (Å²) >= 11 is 0. The fraction of sp³-hybridized carbons (Fsp3) is 0.333. The maximum Gasteiger partial charge on any atom is 0.0367 e. The first-order valence-electron chi connectivity index (χ1n) is 7.46. The summed E-state index contributed by atoms with van der Waals surface area (Å²) in [4.78, 5) is 2.35. The summed E-state index contributed by atoms with van der Waals surface area (Å²) < 4.78 is 0. The molecule has 0 spiro atoms. The molecule has 2 nitrogen and oxygen atoms in total. The highest BCUT2D eigenvalue weighted by molar-refractivity contribution is 5.55. The van der Waals surface area contributed by atoms with Gasteiger partial charge < -0.3 is 10.2 Å². The van der Waals surface area contributed by atoms with Crippen molar-refractivity contribution in [2.75, 3.05) is 29.9 Å². The van der Waals surface area contributed by atoms with Crippen LogP contribution >= 0.6 is 0 Å². The molecule has 0 aliphatic heterocycles. The summed E-state index contributed by atoms with van der Waals surface area (Å²) in [5, 5.41) is 3.48. The van der Waals surface area contributed by atoms with E-state index in [0.29, 0.717) is 0 Å². The summed E-state index contributed by atoms with van der Waals surface area (Å²) in [5.74, 6) is 0. The highest BCUT2D eigenvalue weighted by Gasteiger charge is 2.01. The van der Waals surface area contributed by atoms with Crippen molar-refractivity contribution in [3.05, 3.63) is 60.2 Å². The molecule has 0 radical (unpaired) electrons. The van der Waals surface area contributed by atoms with Crippen LogP contribution in [0.25, 0.3) is 0 Å². The summed E-state index contributed by atoms with van der Waals surface area (Å²) in [6, 6.07) is 19.3. The molecule has 0 unspecified atom stereocenters. The molecule has 106 valence electrons. The molecule has 0 aliphatic rings. The third kappa shape index (κ3) is 4.02. The van der Waals surface area contributed by atoms with Gasteiger partial charge in [0.15, 0.2) is 0 Å². The van der Waals surface area contributed by atoms with Crippen LogP contribution in [0.15, 0.2) is 54.6 Å². The second-order valence-electron chi connectivity index (χ2n) is 4.88. The van der Waals surface area contributed by atoms with Gasteiger partial charge in [-0.2, -0.15) is 0 Å². The van der Waals surface area contributed by atoms with E-state index >= 15 is 0 Å². The number of hydrogen-bond donors (Lipinski definition) is 1. The normalized spacial score (nSPS) is 10.3. The lowest BCUT2D eigenvalue weighted by Gasteiger charge is -2.21. The van der Waals surface area contributed by atoms with Crippen molar-refractivity contribution in [1.29, 1.82) is 0 Å². The van der Waals surface area contributed by atoms with Crippen LogP contribution in [0.5, 0.6) is 0 Å². The maximum atomic E-state index is 3.48. The lowest BCUT2D eigenvalue weighted by atomic mass is 10.1. The third-order valence-corrected chi connectivity index (χ3v) is 3.58. The third-order valence-electron chi connectivity index (χ3n) is 3.58. The largest absolute Gasteiger partial charge is 0.385 e. The van der Waals surface area contributed by atoms with E-state index < -0.39 is 0 Å². The molecule has 0 atom stereocenters. The van der Waals surface area contributed by atoms with Crippen LogP contribution in [0.3, 0.4) is 0 Å². The van der Waals surface area contributed by atoms with Gasteiger partial charge in [-0.3, -0.25) is 0 Å². The van der Waals surface area contributed by atoms with Gasteiger partial charge in [-0.05, 0) is 50.1 Å². The Balaban J connectivity index is 1.85. The van der Waals surface area contributed by atoms with Gasteiger partial charge in [0.05, 0.1) is 0 Å². The Kier molecular flexibility index (Phi) is 5.48. The highest BCUT2D eigenvalue weighted by atomic mass is 15.1. The molecule has 0 amide bonds. The topological polar surface area (TPSA) is 15.3 Å². The number of hydrogen-bond acceptors (Lipinski definition) is 2. The molecular weight excluding hydrogens is 244 g/mol. The molecular formula is C18H24N2. The minimum atomic E-state index is 0.967. The van der Waals surface area contributed by atoms with Crippen LogP contribution in [0.2, 0.25) is 0 Å². The van der Waals surface area contributed by atoms with Gasteiger partial charge in [0.1, 0.15) is 0 Å². The molecule has 0 bridgehead atoms. The van der Waals surface area contributed by atoms with Crippen LogP contribution in [-0.4, -0.2) is 19.6 Å². The molecule has 0 saturated carbocycles. The Morgan fingerprint density at radius 1 is 0.850 bits per heavy atom. The summed E-state index contributed by atoms with van der Waals surface area (Å²) in [7, 11) is 0. The van der Waals surface area contributed by atoms with Crippen molar-refractivity contribution < 1.29 is 0 Å². The fourth-order valence-corrected chi connectivity index (χ4v) is 2.37.